The van der Waals surface area contributed by atoms with Gasteiger partial charge in [0, 0.05) is 12.1 Å². The molecule has 0 saturated heterocycles. The Kier molecular flexibility index (Phi) is 4.34. The van der Waals surface area contributed by atoms with E-state index in [1.165, 1.54) is 0 Å². The van der Waals surface area contributed by atoms with Gasteiger partial charge in [-0.1, -0.05) is 32.9 Å². The Morgan fingerprint density at radius 3 is 2.75 bits per heavy atom. The highest BCUT2D eigenvalue weighted by Crippen LogP contribution is 2.36. The van der Waals surface area contributed by atoms with Gasteiger partial charge in [0.15, 0.2) is 5.78 Å². The molecule has 0 aromatic rings. The van der Waals surface area contributed by atoms with Crippen LogP contribution in [0.15, 0.2) is 23.9 Å². The fourth-order valence-corrected chi connectivity index (χ4v) is 2.23. The van der Waals surface area contributed by atoms with Gasteiger partial charge >= 0.3 is 0 Å². The molecule has 0 unspecified atom stereocenters. The third kappa shape index (κ3) is 4.21. The van der Waals surface area contributed by atoms with E-state index in [9.17, 15) is 4.79 Å². The monoisotopic (exact) mass is 221 g/mol. The van der Waals surface area contributed by atoms with Crippen LogP contribution in [-0.4, -0.2) is 12.3 Å². The second kappa shape index (κ2) is 5.33. The number of nitrogens with one attached hydrogen (secondary N) is 1. The zero-order valence-corrected chi connectivity index (χ0v) is 10.7. The maximum absolute atomic E-state index is 11.4. The van der Waals surface area contributed by atoms with E-state index in [-0.39, 0.29) is 11.2 Å². The lowest BCUT2D eigenvalue weighted by molar-refractivity contribution is -0.118. The Labute approximate surface area is 98.8 Å². The van der Waals surface area contributed by atoms with E-state index in [0.29, 0.717) is 13.0 Å². The molecule has 0 aromatic heterocycles. The van der Waals surface area contributed by atoms with Gasteiger partial charge in [-0.25, -0.2) is 0 Å². The number of allylic oxidation sites excluding steroid dienone is 3. The maximum Gasteiger partial charge on any atom is 0.151 e. The summed E-state index contributed by atoms with van der Waals surface area (Å²) in [4.78, 5) is 11.4. The van der Waals surface area contributed by atoms with Gasteiger partial charge in [0.1, 0.15) is 0 Å². The van der Waals surface area contributed by atoms with Crippen molar-refractivity contribution in [1.82, 2.24) is 5.32 Å². The van der Waals surface area contributed by atoms with Gasteiger partial charge in [-0.15, -0.1) is 0 Å². The fraction of sp³-hybridized carbons (Fsp3) is 0.643. The van der Waals surface area contributed by atoms with Crippen LogP contribution in [0, 0.1) is 5.41 Å². The van der Waals surface area contributed by atoms with E-state index < -0.39 is 0 Å². The van der Waals surface area contributed by atoms with Crippen molar-refractivity contribution in [2.75, 3.05) is 6.54 Å². The van der Waals surface area contributed by atoms with Crippen LogP contribution in [0.3, 0.4) is 0 Å². The van der Waals surface area contributed by atoms with Crippen LogP contribution >= 0.6 is 0 Å². The van der Waals surface area contributed by atoms with Crippen molar-refractivity contribution in [2.45, 2.75) is 46.5 Å². The second-order valence-electron chi connectivity index (χ2n) is 5.49. The first-order valence-corrected chi connectivity index (χ1v) is 6.07. The number of carbonyl (C=O) groups is 1. The summed E-state index contributed by atoms with van der Waals surface area (Å²) in [5.74, 6) is 0.289. The lowest BCUT2D eigenvalue weighted by Gasteiger charge is -2.31. The fourth-order valence-electron chi connectivity index (χ4n) is 2.23. The molecule has 2 nitrogen and oxygen atoms in total. The molecule has 0 aliphatic heterocycles. The predicted molar refractivity (Wildman–Crippen MR) is 68.2 cm³/mol. The van der Waals surface area contributed by atoms with Crippen LogP contribution in [0.4, 0.5) is 0 Å². The van der Waals surface area contributed by atoms with Crippen LogP contribution in [0.5, 0.6) is 0 Å². The van der Waals surface area contributed by atoms with Crippen LogP contribution in [-0.2, 0) is 4.79 Å². The van der Waals surface area contributed by atoms with E-state index in [1.807, 2.05) is 6.92 Å². The standard InChI is InChI=1S/C14H23NO/c1-5-6-13(16)10-15-12-7-11(2)8-14(3,4)9-12/h7,15H,2,5-6,8-10H2,1,3-4H3. The minimum absolute atomic E-state index is 0.266. The Bertz CT molecular complexity index is 313. The summed E-state index contributed by atoms with van der Waals surface area (Å²) in [6.45, 7) is 11.0. The summed E-state index contributed by atoms with van der Waals surface area (Å²) in [6.07, 6.45) is 5.74. The maximum atomic E-state index is 11.4. The molecule has 0 spiro atoms. The van der Waals surface area contributed by atoms with Crippen molar-refractivity contribution in [3.05, 3.63) is 23.9 Å². The summed E-state index contributed by atoms with van der Waals surface area (Å²) >= 11 is 0. The van der Waals surface area contributed by atoms with E-state index >= 15 is 0 Å². The number of Topliss-reactive ketones (excluding diaryl/α,β-unsaturated/α-hetero) is 1. The van der Waals surface area contributed by atoms with E-state index in [0.717, 1.165) is 30.5 Å². The number of hydrogen-bond acceptors (Lipinski definition) is 2. The van der Waals surface area contributed by atoms with Crippen molar-refractivity contribution in [3.63, 3.8) is 0 Å². The van der Waals surface area contributed by atoms with Crippen LogP contribution in [0.1, 0.15) is 46.5 Å². The number of ketones is 1. The Morgan fingerprint density at radius 2 is 2.19 bits per heavy atom. The number of carbonyl (C=O) groups excluding carboxylic acids is 1. The Hall–Kier alpha value is -1.05. The van der Waals surface area contributed by atoms with Crippen LogP contribution in [0.25, 0.3) is 0 Å². The van der Waals surface area contributed by atoms with Gasteiger partial charge in [-0.3, -0.25) is 4.79 Å². The van der Waals surface area contributed by atoms with Crippen molar-refractivity contribution in [3.8, 4) is 0 Å². The largest absolute Gasteiger partial charge is 0.381 e. The first kappa shape index (κ1) is 13.0. The van der Waals surface area contributed by atoms with Crippen LogP contribution < -0.4 is 5.32 Å². The van der Waals surface area contributed by atoms with E-state index in [4.69, 9.17) is 0 Å². The molecule has 1 aliphatic carbocycles. The first-order valence-electron chi connectivity index (χ1n) is 6.07. The molecule has 2 heteroatoms. The highest BCUT2D eigenvalue weighted by atomic mass is 16.1. The quantitative estimate of drug-likeness (QED) is 0.772. The lowest BCUT2D eigenvalue weighted by atomic mass is 9.77. The normalized spacial score (nSPS) is 19.2. The molecule has 1 N–H and O–H groups in total. The second-order valence-corrected chi connectivity index (χ2v) is 5.49. The molecular formula is C14H23NO. The Balaban J connectivity index is 2.48. The van der Waals surface area contributed by atoms with E-state index in [1.54, 1.807) is 0 Å². The SMILES string of the molecule is C=C1C=C(NCC(=O)CCC)CC(C)(C)C1. The summed E-state index contributed by atoms with van der Waals surface area (Å²) < 4.78 is 0. The Morgan fingerprint density at radius 1 is 1.50 bits per heavy atom. The molecular weight excluding hydrogens is 198 g/mol. The van der Waals surface area contributed by atoms with Gasteiger partial charge in [-0.2, -0.15) is 0 Å². The summed E-state index contributed by atoms with van der Waals surface area (Å²) in [5.41, 5.74) is 2.58. The van der Waals surface area contributed by atoms with Crippen molar-refractivity contribution in [1.29, 1.82) is 0 Å². The van der Waals surface area contributed by atoms with Gasteiger partial charge in [0.05, 0.1) is 6.54 Å². The summed E-state index contributed by atoms with van der Waals surface area (Å²) in [6, 6.07) is 0. The molecule has 90 valence electrons. The third-order valence-corrected chi connectivity index (χ3v) is 2.79. The topological polar surface area (TPSA) is 29.1 Å². The third-order valence-electron chi connectivity index (χ3n) is 2.79. The van der Waals surface area contributed by atoms with Gasteiger partial charge in [0.25, 0.3) is 0 Å². The predicted octanol–water partition coefficient (Wildman–Crippen LogP) is 3.21. The molecule has 0 heterocycles. The molecule has 1 rings (SSSR count). The zero-order valence-electron chi connectivity index (χ0n) is 10.7. The minimum atomic E-state index is 0.266. The van der Waals surface area contributed by atoms with Crippen molar-refractivity contribution < 1.29 is 4.79 Å². The summed E-state index contributed by atoms with van der Waals surface area (Å²) in [5, 5.41) is 3.24. The molecule has 0 radical (unpaired) electrons. The van der Waals surface area contributed by atoms with Gasteiger partial charge in [0.2, 0.25) is 0 Å². The molecule has 0 amide bonds. The van der Waals surface area contributed by atoms with Crippen molar-refractivity contribution >= 4 is 5.78 Å². The van der Waals surface area contributed by atoms with Crippen molar-refractivity contribution in [2.24, 2.45) is 5.41 Å². The molecule has 0 bridgehead atoms. The lowest BCUT2D eigenvalue weighted by Crippen LogP contribution is -2.28. The first-order chi connectivity index (χ1) is 7.43. The van der Waals surface area contributed by atoms with Gasteiger partial charge in [-0.05, 0) is 30.8 Å². The molecule has 16 heavy (non-hydrogen) atoms. The highest BCUT2D eigenvalue weighted by Gasteiger charge is 2.24. The number of rotatable bonds is 5. The van der Waals surface area contributed by atoms with E-state index in [2.05, 4.69) is 31.8 Å². The average molecular weight is 221 g/mol. The van der Waals surface area contributed by atoms with Crippen LogP contribution in [0.2, 0.25) is 0 Å². The smallest absolute Gasteiger partial charge is 0.151 e. The highest BCUT2D eigenvalue weighted by molar-refractivity contribution is 5.80. The molecule has 1 aliphatic rings. The molecule has 0 atom stereocenters. The summed E-state index contributed by atoms with van der Waals surface area (Å²) in [7, 11) is 0. The average Bonchev–Trinajstić information content (AvgIpc) is 2.12. The zero-order chi connectivity index (χ0) is 12.2. The minimum Gasteiger partial charge on any atom is -0.381 e. The molecule has 0 saturated carbocycles. The number of hydrogen-bond donors (Lipinski definition) is 1. The molecule has 0 aromatic carbocycles. The van der Waals surface area contributed by atoms with Gasteiger partial charge < -0.3 is 5.32 Å². The molecule has 0 fully saturated rings.